The van der Waals surface area contributed by atoms with Gasteiger partial charge in [-0.15, -0.1) is 0 Å². The Morgan fingerprint density at radius 3 is 0.852 bits per heavy atom. The molecule has 0 bridgehead atoms. The van der Waals surface area contributed by atoms with Gasteiger partial charge in [0.1, 0.15) is 13.2 Å². The average molecular weight is 859 g/mol. The van der Waals surface area contributed by atoms with Crippen molar-refractivity contribution < 1.29 is 28.6 Å². The molecule has 0 amide bonds. The maximum atomic E-state index is 12.8. The van der Waals surface area contributed by atoms with E-state index >= 15 is 0 Å². The zero-order chi connectivity index (χ0) is 44.4. The summed E-state index contributed by atoms with van der Waals surface area (Å²) in [6.07, 6.45) is 57.3. The molecule has 358 valence electrons. The molecule has 0 radical (unpaired) electrons. The van der Waals surface area contributed by atoms with Crippen LogP contribution in [0.1, 0.15) is 290 Å². The van der Waals surface area contributed by atoms with Gasteiger partial charge in [0.25, 0.3) is 0 Å². The number of allylic oxidation sites excluding steroid dienone is 4. The fourth-order valence-electron chi connectivity index (χ4n) is 7.84. The van der Waals surface area contributed by atoms with Crippen molar-refractivity contribution in [2.24, 2.45) is 0 Å². The fraction of sp³-hybridized carbons (Fsp3) is 0.873. The van der Waals surface area contributed by atoms with Gasteiger partial charge in [0.2, 0.25) is 0 Å². The van der Waals surface area contributed by atoms with Gasteiger partial charge in [-0.1, -0.05) is 225 Å². The van der Waals surface area contributed by atoms with Gasteiger partial charge in [-0.3, -0.25) is 14.4 Å². The average Bonchev–Trinajstić information content (AvgIpc) is 3.26. The second-order valence-corrected chi connectivity index (χ2v) is 18.1. The third-order valence-electron chi connectivity index (χ3n) is 11.9. The van der Waals surface area contributed by atoms with Crippen LogP contribution < -0.4 is 0 Å². The van der Waals surface area contributed by atoms with Crippen LogP contribution in [0.2, 0.25) is 0 Å². The highest BCUT2D eigenvalue weighted by molar-refractivity contribution is 5.71. The molecule has 0 saturated heterocycles. The third-order valence-corrected chi connectivity index (χ3v) is 11.9. The molecule has 0 rings (SSSR count). The molecule has 0 aliphatic rings. The van der Waals surface area contributed by atoms with Gasteiger partial charge in [-0.05, 0) is 70.6 Å². The van der Waals surface area contributed by atoms with Crippen LogP contribution in [0, 0.1) is 0 Å². The van der Waals surface area contributed by atoms with Crippen LogP contribution in [0.5, 0.6) is 0 Å². The summed E-state index contributed by atoms with van der Waals surface area (Å²) in [5, 5.41) is 0. The molecule has 0 fully saturated rings. The molecule has 6 nitrogen and oxygen atoms in total. The minimum absolute atomic E-state index is 0.0723. The molecular formula is C55H102O6. The summed E-state index contributed by atoms with van der Waals surface area (Å²) in [4.78, 5) is 37.9. The summed E-state index contributed by atoms with van der Waals surface area (Å²) >= 11 is 0. The Kier molecular flexibility index (Phi) is 48.8. The predicted molar refractivity (Wildman–Crippen MR) is 261 cm³/mol. The first kappa shape index (κ1) is 58.9. The van der Waals surface area contributed by atoms with Crippen molar-refractivity contribution in [2.75, 3.05) is 13.2 Å². The summed E-state index contributed by atoms with van der Waals surface area (Å²) in [7, 11) is 0. The van der Waals surface area contributed by atoms with E-state index in [1.807, 2.05) is 0 Å². The summed E-state index contributed by atoms with van der Waals surface area (Å²) in [6, 6.07) is 0. The lowest BCUT2D eigenvalue weighted by atomic mass is 10.0. The van der Waals surface area contributed by atoms with E-state index in [0.29, 0.717) is 19.3 Å². The number of carbonyl (C=O) groups is 3. The van der Waals surface area contributed by atoms with Crippen molar-refractivity contribution in [2.45, 2.75) is 297 Å². The topological polar surface area (TPSA) is 78.9 Å². The summed E-state index contributed by atoms with van der Waals surface area (Å²) in [6.45, 7) is 6.63. The minimum Gasteiger partial charge on any atom is -0.462 e. The molecule has 6 heteroatoms. The quantitative estimate of drug-likeness (QED) is 0.0262. The lowest BCUT2D eigenvalue weighted by Crippen LogP contribution is -2.30. The van der Waals surface area contributed by atoms with E-state index < -0.39 is 6.10 Å². The van der Waals surface area contributed by atoms with Crippen LogP contribution in [0.3, 0.4) is 0 Å². The number of ether oxygens (including phenoxy) is 3. The minimum atomic E-state index is -0.772. The van der Waals surface area contributed by atoms with Crippen LogP contribution in [0.4, 0.5) is 0 Å². The van der Waals surface area contributed by atoms with Gasteiger partial charge in [-0.25, -0.2) is 0 Å². The Hall–Kier alpha value is -2.11. The maximum Gasteiger partial charge on any atom is 0.306 e. The van der Waals surface area contributed by atoms with E-state index in [1.165, 1.54) is 186 Å². The Morgan fingerprint density at radius 1 is 0.311 bits per heavy atom. The normalized spacial score (nSPS) is 12.1. The second kappa shape index (κ2) is 50.5. The van der Waals surface area contributed by atoms with Gasteiger partial charge >= 0.3 is 17.9 Å². The Labute approximate surface area is 379 Å². The number of rotatable bonds is 49. The number of hydrogen-bond acceptors (Lipinski definition) is 6. The van der Waals surface area contributed by atoms with Gasteiger partial charge in [0.05, 0.1) is 0 Å². The number of unbranched alkanes of at least 4 members (excludes halogenated alkanes) is 34. The molecule has 1 atom stereocenters. The van der Waals surface area contributed by atoms with Crippen LogP contribution in [-0.2, 0) is 28.6 Å². The highest BCUT2D eigenvalue weighted by Gasteiger charge is 2.19. The van der Waals surface area contributed by atoms with Gasteiger partial charge < -0.3 is 14.2 Å². The Bertz CT molecular complexity index is 989. The van der Waals surface area contributed by atoms with Gasteiger partial charge in [0.15, 0.2) is 6.10 Å². The predicted octanol–water partition coefficient (Wildman–Crippen LogP) is 17.5. The van der Waals surface area contributed by atoms with Crippen molar-refractivity contribution in [3.8, 4) is 0 Å². The highest BCUT2D eigenvalue weighted by atomic mass is 16.6. The lowest BCUT2D eigenvalue weighted by Gasteiger charge is -2.18. The number of carbonyl (C=O) groups excluding carboxylic acids is 3. The van der Waals surface area contributed by atoms with E-state index in [-0.39, 0.29) is 31.1 Å². The molecule has 0 aromatic rings. The summed E-state index contributed by atoms with van der Waals surface area (Å²) in [5.41, 5.74) is 0. The van der Waals surface area contributed by atoms with Crippen molar-refractivity contribution in [3.05, 3.63) is 24.3 Å². The van der Waals surface area contributed by atoms with Crippen molar-refractivity contribution in [3.63, 3.8) is 0 Å². The number of esters is 3. The van der Waals surface area contributed by atoms with E-state index in [9.17, 15) is 14.4 Å². The van der Waals surface area contributed by atoms with Crippen LogP contribution in [0.15, 0.2) is 24.3 Å². The van der Waals surface area contributed by atoms with Crippen molar-refractivity contribution in [1.82, 2.24) is 0 Å². The van der Waals surface area contributed by atoms with E-state index in [1.54, 1.807) is 0 Å². The first-order valence-corrected chi connectivity index (χ1v) is 26.8. The molecule has 0 unspecified atom stereocenters. The molecule has 0 aromatic carbocycles. The van der Waals surface area contributed by atoms with Crippen molar-refractivity contribution in [1.29, 1.82) is 0 Å². The van der Waals surface area contributed by atoms with E-state index in [0.717, 1.165) is 64.2 Å². The first-order chi connectivity index (χ1) is 30.0. The van der Waals surface area contributed by atoms with Crippen molar-refractivity contribution >= 4 is 17.9 Å². The number of hydrogen-bond donors (Lipinski definition) is 0. The highest BCUT2D eigenvalue weighted by Crippen LogP contribution is 2.16. The summed E-state index contributed by atoms with van der Waals surface area (Å²) < 4.78 is 16.8. The molecule has 0 aliphatic carbocycles. The molecule has 0 heterocycles. The van der Waals surface area contributed by atoms with Gasteiger partial charge in [0, 0.05) is 19.3 Å². The fourth-order valence-corrected chi connectivity index (χ4v) is 7.84. The molecule has 0 N–H and O–H groups in total. The zero-order valence-corrected chi connectivity index (χ0v) is 40.9. The lowest BCUT2D eigenvalue weighted by molar-refractivity contribution is -0.167. The molecule has 0 aromatic heterocycles. The van der Waals surface area contributed by atoms with E-state index in [2.05, 4.69) is 45.1 Å². The van der Waals surface area contributed by atoms with Crippen LogP contribution in [-0.4, -0.2) is 37.2 Å². The zero-order valence-electron chi connectivity index (χ0n) is 40.9. The molecule has 0 spiro atoms. The third kappa shape index (κ3) is 48.8. The van der Waals surface area contributed by atoms with Crippen LogP contribution >= 0.6 is 0 Å². The SMILES string of the molecule is CCCCC/C=C\CCCCCCCC(=O)O[C@@H](COC(=O)CCCCCCCCC/C=C\CCCCCCCCCC)COC(=O)CCCCCCCCCCCCCC. The summed E-state index contributed by atoms with van der Waals surface area (Å²) in [5.74, 6) is -0.873. The maximum absolute atomic E-state index is 12.8. The smallest absolute Gasteiger partial charge is 0.306 e. The largest absolute Gasteiger partial charge is 0.462 e. The second-order valence-electron chi connectivity index (χ2n) is 18.1. The Balaban J connectivity index is 4.29. The van der Waals surface area contributed by atoms with Crippen LogP contribution in [0.25, 0.3) is 0 Å². The molecule has 61 heavy (non-hydrogen) atoms. The molecular weight excluding hydrogens is 757 g/mol. The monoisotopic (exact) mass is 859 g/mol. The van der Waals surface area contributed by atoms with Gasteiger partial charge in [-0.2, -0.15) is 0 Å². The van der Waals surface area contributed by atoms with E-state index in [4.69, 9.17) is 14.2 Å². The molecule has 0 saturated carbocycles. The molecule has 0 aliphatic heterocycles. The standard InChI is InChI=1S/C55H102O6/c1-4-7-10-13-16-19-22-25-26-27-28-29-30-31-34-36-39-42-45-48-54(57)60-51-52(61-55(58)49-46-43-40-37-33-24-21-18-15-12-9-6-3)50-59-53(56)47-44-41-38-35-32-23-20-17-14-11-8-5-2/h18,21,27-28,52H,4-17,19-20,22-26,29-51H2,1-3H3/b21-18-,28-27-/t52-/m1/s1. The Morgan fingerprint density at radius 2 is 0.541 bits per heavy atom. The first-order valence-electron chi connectivity index (χ1n) is 26.8.